The molecular formula is C9H13O2. The van der Waals surface area contributed by atoms with E-state index in [9.17, 15) is 4.79 Å². The van der Waals surface area contributed by atoms with E-state index in [0.29, 0.717) is 11.8 Å². The minimum absolute atomic E-state index is 0.395. The molecule has 0 saturated heterocycles. The quantitative estimate of drug-likeness (QED) is 0.655. The average Bonchev–Trinajstić information content (AvgIpc) is 2.45. The largest absolute Gasteiger partial charge is 0.481 e. The van der Waals surface area contributed by atoms with E-state index in [1.54, 1.807) is 0 Å². The molecule has 2 bridgehead atoms. The summed E-state index contributed by atoms with van der Waals surface area (Å²) in [5.74, 6) is 1.21. The van der Waals surface area contributed by atoms with Gasteiger partial charge in [-0.05, 0) is 37.0 Å². The first-order valence-corrected chi connectivity index (χ1v) is 4.33. The Morgan fingerprint density at radius 1 is 1.36 bits per heavy atom. The monoisotopic (exact) mass is 153 g/mol. The Kier molecular flexibility index (Phi) is 1.63. The van der Waals surface area contributed by atoms with E-state index in [-0.39, 0.29) is 0 Å². The molecule has 0 spiro atoms. The molecule has 2 nitrogen and oxygen atoms in total. The van der Waals surface area contributed by atoms with Crippen molar-refractivity contribution in [3.8, 4) is 0 Å². The summed E-state index contributed by atoms with van der Waals surface area (Å²) in [5.41, 5.74) is 0. The highest BCUT2D eigenvalue weighted by molar-refractivity contribution is 5.77. The fourth-order valence-corrected chi connectivity index (χ4v) is 2.68. The highest BCUT2D eigenvalue weighted by atomic mass is 16.4. The van der Waals surface area contributed by atoms with Gasteiger partial charge in [0.2, 0.25) is 0 Å². The number of aliphatic carboxylic acids is 1. The minimum Gasteiger partial charge on any atom is -0.481 e. The van der Waals surface area contributed by atoms with Crippen LogP contribution in [0.5, 0.6) is 0 Å². The Morgan fingerprint density at radius 3 is 2.64 bits per heavy atom. The Labute approximate surface area is 66.6 Å². The van der Waals surface area contributed by atoms with E-state index in [2.05, 4.69) is 0 Å². The summed E-state index contributed by atoms with van der Waals surface area (Å²) in [6.07, 6.45) is 6.53. The predicted octanol–water partition coefficient (Wildman–Crippen LogP) is 1.71. The fraction of sp³-hybridized carbons (Fsp3) is 0.778. The van der Waals surface area contributed by atoms with Gasteiger partial charge < -0.3 is 5.11 Å². The summed E-state index contributed by atoms with van der Waals surface area (Å²) in [6.45, 7) is 0. The van der Waals surface area contributed by atoms with Gasteiger partial charge in [-0.15, -0.1) is 0 Å². The lowest BCUT2D eigenvalue weighted by molar-refractivity contribution is -0.134. The van der Waals surface area contributed by atoms with Crippen molar-refractivity contribution in [2.45, 2.75) is 25.7 Å². The van der Waals surface area contributed by atoms with E-state index in [1.165, 1.54) is 25.7 Å². The molecule has 2 fully saturated rings. The van der Waals surface area contributed by atoms with Crippen LogP contribution in [0.15, 0.2) is 0 Å². The van der Waals surface area contributed by atoms with Crippen LogP contribution in [0.3, 0.4) is 0 Å². The molecule has 3 unspecified atom stereocenters. The van der Waals surface area contributed by atoms with E-state index >= 15 is 0 Å². The summed E-state index contributed by atoms with van der Waals surface area (Å²) in [4.78, 5) is 10.4. The lowest BCUT2D eigenvalue weighted by atomic mass is 9.86. The molecule has 2 aliphatic carbocycles. The van der Waals surface area contributed by atoms with Crippen molar-refractivity contribution >= 4 is 5.97 Å². The van der Waals surface area contributed by atoms with Gasteiger partial charge in [-0.1, -0.05) is 6.42 Å². The van der Waals surface area contributed by atoms with Crippen molar-refractivity contribution in [2.75, 3.05) is 0 Å². The zero-order chi connectivity index (χ0) is 7.84. The van der Waals surface area contributed by atoms with Crippen LogP contribution in [0.2, 0.25) is 0 Å². The van der Waals surface area contributed by atoms with Crippen LogP contribution < -0.4 is 0 Å². The number of hydrogen-bond acceptors (Lipinski definition) is 1. The molecule has 2 saturated carbocycles. The first-order chi connectivity index (χ1) is 5.25. The maximum Gasteiger partial charge on any atom is 0.307 e. The molecule has 0 aromatic carbocycles. The second-order valence-corrected chi connectivity index (χ2v) is 3.84. The molecule has 0 heterocycles. The highest BCUT2D eigenvalue weighted by Crippen LogP contribution is 2.49. The Morgan fingerprint density at radius 2 is 2.18 bits per heavy atom. The van der Waals surface area contributed by atoms with Crippen molar-refractivity contribution < 1.29 is 9.90 Å². The Hall–Kier alpha value is -0.530. The number of carboxylic acids is 1. The van der Waals surface area contributed by atoms with Gasteiger partial charge in [0.05, 0.1) is 6.42 Å². The van der Waals surface area contributed by atoms with E-state index in [1.807, 2.05) is 0 Å². The molecule has 1 radical (unpaired) electrons. The first kappa shape index (κ1) is 7.14. The fourth-order valence-electron chi connectivity index (χ4n) is 2.68. The summed E-state index contributed by atoms with van der Waals surface area (Å²) in [6, 6.07) is 0. The second-order valence-electron chi connectivity index (χ2n) is 3.84. The predicted molar refractivity (Wildman–Crippen MR) is 40.9 cm³/mol. The molecule has 11 heavy (non-hydrogen) atoms. The van der Waals surface area contributed by atoms with Gasteiger partial charge in [-0.25, -0.2) is 0 Å². The molecule has 3 atom stereocenters. The molecule has 0 amide bonds. The zero-order valence-corrected chi connectivity index (χ0v) is 6.49. The van der Waals surface area contributed by atoms with E-state index in [4.69, 9.17) is 5.11 Å². The lowest BCUT2D eigenvalue weighted by Gasteiger charge is -2.18. The van der Waals surface area contributed by atoms with Crippen LogP contribution in [0.4, 0.5) is 0 Å². The molecular weight excluding hydrogens is 140 g/mol. The second kappa shape index (κ2) is 2.50. The molecule has 0 aliphatic heterocycles. The van der Waals surface area contributed by atoms with E-state index in [0.717, 1.165) is 12.3 Å². The average molecular weight is 153 g/mol. The van der Waals surface area contributed by atoms with Crippen LogP contribution >= 0.6 is 0 Å². The molecule has 1 N–H and O–H groups in total. The highest BCUT2D eigenvalue weighted by Gasteiger charge is 2.40. The van der Waals surface area contributed by atoms with Gasteiger partial charge in [-0.2, -0.15) is 0 Å². The van der Waals surface area contributed by atoms with Crippen molar-refractivity contribution in [2.24, 2.45) is 17.8 Å². The first-order valence-electron chi connectivity index (χ1n) is 4.33. The van der Waals surface area contributed by atoms with Crippen LogP contribution in [-0.4, -0.2) is 11.1 Å². The van der Waals surface area contributed by atoms with Gasteiger partial charge in [0.15, 0.2) is 0 Å². The number of carbonyl (C=O) groups is 1. The summed E-state index contributed by atoms with van der Waals surface area (Å²) < 4.78 is 0. The SMILES string of the molecule is O=C(O)[CH]C1CC2CCC1C2. The Balaban J connectivity index is 1.92. The zero-order valence-electron chi connectivity index (χ0n) is 6.49. The lowest BCUT2D eigenvalue weighted by Crippen LogP contribution is -2.15. The van der Waals surface area contributed by atoms with Crippen LogP contribution in [0.25, 0.3) is 0 Å². The van der Waals surface area contributed by atoms with Gasteiger partial charge in [0, 0.05) is 0 Å². The molecule has 2 aliphatic rings. The minimum atomic E-state index is -0.734. The van der Waals surface area contributed by atoms with Crippen molar-refractivity contribution in [1.29, 1.82) is 0 Å². The van der Waals surface area contributed by atoms with E-state index < -0.39 is 5.97 Å². The molecule has 0 aromatic rings. The third-order valence-corrected chi connectivity index (χ3v) is 3.15. The Bertz CT molecular complexity index is 176. The van der Waals surface area contributed by atoms with Crippen LogP contribution in [0.1, 0.15) is 25.7 Å². The molecule has 2 heteroatoms. The topological polar surface area (TPSA) is 37.3 Å². The summed E-state index contributed by atoms with van der Waals surface area (Å²) in [5, 5.41) is 8.55. The third-order valence-electron chi connectivity index (χ3n) is 3.15. The normalized spacial score (nSPS) is 41.3. The van der Waals surface area contributed by atoms with Crippen LogP contribution in [0, 0.1) is 24.2 Å². The van der Waals surface area contributed by atoms with Crippen LogP contribution in [-0.2, 0) is 4.79 Å². The molecule has 0 aromatic heterocycles. The molecule has 61 valence electrons. The standard InChI is InChI=1S/C9H13O2/c10-9(11)5-8-4-6-1-2-7(8)3-6/h5-8H,1-4H2,(H,10,11). The number of rotatable bonds is 2. The maximum atomic E-state index is 10.4. The number of hydrogen-bond donors (Lipinski definition) is 1. The number of fused-ring (bicyclic) bond motifs is 2. The van der Waals surface area contributed by atoms with Gasteiger partial charge in [0.25, 0.3) is 0 Å². The van der Waals surface area contributed by atoms with Crippen molar-refractivity contribution in [3.63, 3.8) is 0 Å². The summed E-state index contributed by atoms with van der Waals surface area (Å²) in [7, 11) is 0. The van der Waals surface area contributed by atoms with Gasteiger partial charge in [-0.3, -0.25) is 4.79 Å². The van der Waals surface area contributed by atoms with Crippen molar-refractivity contribution in [3.05, 3.63) is 6.42 Å². The molecule has 2 rings (SSSR count). The smallest absolute Gasteiger partial charge is 0.307 e. The summed E-state index contributed by atoms with van der Waals surface area (Å²) >= 11 is 0. The maximum absolute atomic E-state index is 10.4. The number of carboxylic acid groups (broad SMARTS) is 1. The van der Waals surface area contributed by atoms with Crippen molar-refractivity contribution in [1.82, 2.24) is 0 Å². The third kappa shape index (κ3) is 1.26. The van der Waals surface area contributed by atoms with Gasteiger partial charge >= 0.3 is 5.97 Å². The van der Waals surface area contributed by atoms with Gasteiger partial charge in [0.1, 0.15) is 0 Å².